The van der Waals surface area contributed by atoms with Crippen LogP contribution in [0.5, 0.6) is 0 Å². The third-order valence-corrected chi connectivity index (χ3v) is 5.08. The van der Waals surface area contributed by atoms with Gasteiger partial charge in [0.1, 0.15) is 17.0 Å². The summed E-state index contributed by atoms with van der Waals surface area (Å²) in [7, 11) is 3.37. The van der Waals surface area contributed by atoms with E-state index in [1.54, 1.807) is 31.8 Å². The number of rotatable bonds is 5. The van der Waals surface area contributed by atoms with Gasteiger partial charge in [-0.3, -0.25) is 0 Å². The van der Waals surface area contributed by atoms with Gasteiger partial charge in [0, 0.05) is 38.7 Å². The van der Waals surface area contributed by atoms with Crippen LogP contribution in [0.1, 0.15) is 16.9 Å². The van der Waals surface area contributed by atoms with Gasteiger partial charge in [-0.2, -0.15) is 0 Å². The van der Waals surface area contributed by atoms with Gasteiger partial charge in [-0.1, -0.05) is 0 Å². The van der Waals surface area contributed by atoms with E-state index in [1.807, 2.05) is 4.90 Å². The molecular formula is C15H21N5O2S. The number of anilines is 1. The number of carbonyl (C=O) groups is 1. The summed E-state index contributed by atoms with van der Waals surface area (Å²) in [6, 6.07) is -0.0305. The highest BCUT2D eigenvalue weighted by molar-refractivity contribution is 7.19. The highest BCUT2D eigenvalue weighted by Gasteiger charge is 2.25. The first-order chi connectivity index (χ1) is 11.2. The number of carbonyl (C=O) groups excluding carboxylic acids is 1. The topological polar surface area (TPSA) is 79.4 Å². The Morgan fingerprint density at radius 3 is 3.13 bits per heavy atom. The van der Waals surface area contributed by atoms with Crippen molar-refractivity contribution in [2.45, 2.75) is 19.4 Å². The molecule has 0 unspecified atom stereocenters. The summed E-state index contributed by atoms with van der Waals surface area (Å²) in [4.78, 5) is 24.7. The Kier molecular flexibility index (Phi) is 4.92. The molecule has 0 aromatic carbocycles. The maximum Gasteiger partial charge on any atom is 0.317 e. The number of methoxy groups -OCH3 is 1. The first kappa shape index (κ1) is 15.9. The van der Waals surface area contributed by atoms with Gasteiger partial charge in [0.05, 0.1) is 11.9 Å². The molecule has 8 heteroatoms. The fourth-order valence-electron chi connectivity index (χ4n) is 2.82. The molecule has 2 amide bonds. The van der Waals surface area contributed by atoms with Crippen LogP contribution in [0, 0.1) is 0 Å². The van der Waals surface area contributed by atoms with Crippen LogP contribution in [-0.4, -0.2) is 54.8 Å². The number of fused-ring (bicyclic) bond motifs is 3. The van der Waals surface area contributed by atoms with E-state index in [0.717, 1.165) is 48.6 Å². The second kappa shape index (κ2) is 7.10. The molecule has 0 fully saturated rings. The van der Waals surface area contributed by atoms with Gasteiger partial charge in [-0.05, 0) is 18.4 Å². The highest BCUT2D eigenvalue weighted by atomic mass is 32.1. The number of aromatic nitrogens is 2. The Hall–Kier alpha value is -1.93. The number of amides is 2. The van der Waals surface area contributed by atoms with Gasteiger partial charge >= 0.3 is 6.03 Å². The van der Waals surface area contributed by atoms with Crippen molar-refractivity contribution in [1.82, 2.24) is 20.2 Å². The van der Waals surface area contributed by atoms with E-state index in [2.05, 4.69) is 20.6 Å². The minimum absolute atomic E-state index is 0.0305. The summed E-state index contributed by atoms with van der Waals surface area (Å²) in [5.74, 6) is 0.886. The first-order valence-corrected chi connectivity index (χ1v) is 8.51. The summed E-state index contributed by atoms with van der Waals surface area (Å²) >= 11 is 1.65. The van der Waals surface area contributed by atoms with E-state index in [4.69, 9.17) is 4.74 Å². The minimum atomic E-state index is -0.0305. The largest absolute Gasteiger partial charge is 0.385 e. The van der Waals surface area contributed by atoms with Gasteiger partial charge in [0.15, 0.2) is 0 Å². The molecular weight excluding hydrogens is 314 g/mol. The Morgan fingerprint density at radius 2 is 2.35 bits per heavy atom. The van der Waals surface area contributed by atoms with E-state index in [9.17, 15) is 4.79 Å². The molecule has 0 aliphatic carbocycles. The van der Waals surface area contributed by atoms with Crippen molar-refractivity contribution in [2.24, 2.45) is 0 Å². The number of nitrogens with one attached hydrogen (secondary N) is 2. The molecule has 2 aromatic rings. The summed E-state index contributed by atoms with van der Waals surface area (Å²) in [6.45, 7) is 2.90. The molecule has 1 aliphatic heterocycles. The van der Waals surface area contributed by atoms with Gasteiger partial charge < -0.3 is 20.3 Å². The maximum absolute atomic E-state index is 11.8. The molecule has 3 rings (SSSR count). The Morgan fingerprint density at radius 1 is 1.48 bits per heavy atom. The molecule has 2 N–H and O–H groups in total. The van der Waals surface area contributed by atoms with E-state index in [1.165, 1.54) is 10.4 Å². The third kappa shape index (κ3) is 3.23. The fourth-order valence-corrected chi connectivity index (χ4v) is 4.02. The molecule has 0 spiro atoms. The molecule has 3 heterocycles. The zero-order valence-corrected chi connectivity index (χ0v) is 14.2. The second-order valence-corrected chi connectivity index (χ2v) is 6.49. The molecule has 0 atom stereocenters. The quantitative estimate of drug-likeness (QED) is 0.815. The van der Waals surface area contributed by atoms with Gasteiger partial charge in [0.2, 0.25) is 0 Å². The third-order valence-electron chi connectivity index (χ3n) is 3.96. The van der Waals surface area contributed by atoms with Crippen molar-refractivity contribution < 1.29 is 9.53 Å². The predicted molar refractivity (Wildman–Crippen MR) is 91.0 cm³/mol. The molecule has 1 aliphatic rings. The van der Waals surface area contributed by atoms with Gasteiger partial charge in [0.25, 0.3) is 0 Å². The lowest BCUT2D eigenvalue weighted by Crippen LogP contribution is -2.40. The van der Waals surface area contributed by atoms with E-state index >= 15 is 0 Å². The molecule has 23 heavy (non-hydrogen) atoms. The first-order valence-electron chi connectivity index (χ1n) is 7.69. The highest BCUT2D eigenvalue weighted by Crippen LogP contribution is 2.37. The van der Waals surface area contributed by atoms with Crippen molar-refractivity contribution in [3.05, 3.63) is 16.8 Å². The Balaban J connectivity index is 1.85. The normalized spacial score (nSPS) is 13.9. The van der Waals surface area contributed by atoms with Crippen LogP contribution in [0.4, 0.5) is 10.6 Å². The lowest BCUT2D eigenvalue weighted by Gasteiger charge is -2.26. The van der Waals surface area contributed by atoms with Gasteiger partial charge in [-0.25, -0.2) is 14.8 Å². The standard InChI is InChI=1S/C15H21N5O2S/c1-16-15(21)20-6-4-10-11(8-20)23-14-12(10)13(18-9-19-14)17-5-3-7-22-2/h9H,3-8H2,1-2H3,(H,16,21)(H,17,18,19). The van der Waals surface area contributed by atoms with Crippen LogP contribution < -0.4 is 10.6 Å². The number of urea groups is 1. The minimum Gasteiger partial charge on any atom is -0.385 e. The molecule has 0 saturated carbocycles. The van der Waals surface area contributed by atoms with Crippen LogP contribution >= 0.6 is 11.3 Å². The average molecular weight is 335 g/mol. The number of nitrogens with zero attached hydrogens (tertiary/aromatic N) is 3. The van der Waals surface area contributed by atoms with Crippen LogP contribution in [0.25, 0.3) is 10.2 Å². The maximum atomic E-state index is 11.8. The second-order valence-electron chi connectivity index (χ2n) is 5.41. The van der Waals surface area contributed by atoms with Crippen LogP contribution in [0.15, 0.2) is 6.33 Å². The predicted octanol–water partition coefficient (Wildman–Crippen LogP) is 1.84. The zero-order valence-electron chi connectivity index (χ0n) is 13.4. The number of ether oxygens (including phenoxy) is 1. The van der Waals surface area contributed by atoms with Crippen LogP contribution in [0.2, 0.25) is 0 Å². The Bertz CT molecular complexity index is 702. The van der Waals surface area contributed by atoms with E-state index < -0.39 is 0 Å². The smallest absolute Gasteiger partial charge is 0.317 e. The summed E-state index contributed by atoms with van der Waals surface area (Å²) in [5, 5.41) is 7.19. The monoisotopic (exact) mass is 335 g/mol. The summed E-state index contributed by atoms with van der Waals surface area (Å²) < 4.78 is 5.07. The lowest BCUT2D eigenvalue weighted by molar-refractivity contribution is 0.195. The summed E-state index contributed by atoms with van der Waals surface area (Å²) in [6.07, 6.45) is 3.36. The molecule has 124 valence electrons. The van der Waals surface area contributed by atoms with Crippen molar-refractivity contribution >= 4 is 33.4 Å². The molecule has 0 bridgehead atoms. The molecule has 0 saturated heterocycles. The lowest BCUT2D eigenvalue weighted by atomic mass is 10.1. The number of thiophene rings is 1. The molecule has 0 radical (unpaired) electrons. The van der Waals surface area contributed by atoms with Crippen LogP contribution in [-0.2, 0) is 17.7 Å². The molecule has 2 aromatic heterocycles. The number of hydrogen-bond donors (Lipinski definition) is 2. The van der Waals surface area contributed by atoms with E-state index in [-0.39, 0.29) is 6.03 Å². The van der Waals surface area contributed by atoms with Crippen molar-refractivity contribution in [3.8, 4) is 0 Å². The average Bonchev–Trinajstić information content (AvgIpc) is 2.96. The Labute approximate surface area is 139 Å². The van der Waals surface area contributed by atoms with Crippen molar-refractivity contribution in [1.29, 1.82) is 0 Å². The van der Waals surface area contributed by atoms with Crippen molar-refractivity contribution in [3.63, 3.8) is 0 Å². The van der Waals surface area contributed by atoms with E-state index in [0.29, 0.717) is 6.54 Å². The zero-order chi connectivity index (χ0) is 16.2. The van der Waals surface area contributed by atoms with Crippen molar-refractivity contribution in [2.75, 3.05) is 39.2 Å². The summed E-state index contributed by atoms with van der Waals surface area (Å²) in [5.41, 5.74) is 1.28. The number of hydrogen-bond acceptors (Lipinski definition) is 6. The van der Waals surface area contributed by atoms with Crippen LogP contribution in [0.3, 0.4) is 0 Å². The van der Waals surface area contributed by atoms with Gasteiger partial charge in [-0.15, -0.1) is 11.3 Å². The molecule has 7 nitrogen and oxygen atoms in total. The fraction of sp³-hybridized carbons (Fsp3) is 0.533. The SMILES string of the molecule is CNC(=O)N1CCc2c(sc3ncnc(NCCCOC)c23)C1.